The van der Waals surface area contributed by atoms with Gasteiger partial charge in [0.1, 0.15) is 12.3 Å². The molecule has 1 atom stereocenters. The molecule has 30 heavy (non-hydrogen) atoms. The van der Waals surface area contributed by atoms with Crippen LogP contribution in [0, 0.1) is 6.92 Å². The first-order valence-corrected chi connectivity index (χ1v) is 10.3. The van der Waals surface area contributed by atoms with Gasteiger partial charge >= 0.3 is 0 Å². The molecule has 0 aliphatic carbocycles. The summed E-state index contributed by atoms with van der Waals surface area (Å²) in [5.74, 6) is 1.11. The first-order valence-electron chi connectivity index (χ1n) is 10.3. The Morgan fingerprint density at radius 2 is 2.03 bits per heavy atom. The SMILES string of the molecule is CCCC[NH+](CC(=O)Nc1cc(C)ccc1OC)Cc1nc2ccccc2c(=O)[nH]1. The highest BCUT2D eigenvalue weighted by Crippen LogP contribution is 2.24. The van der Waals surface area contributed by atoms with Gasteiger partial charge in [-0.05, 0) is 43.2 Å². The lowest BCUT2D eigenvalue weighted by Gasteiger charge is -2.19. The quantitative estimate of drug-likeness (QED) is 0.505. The molecule has 0 aliphatic heterocycles. The van der Waals surface area contributed by atoms with E-state index in [1.807, 2.05) is 43.3 Å². The molecule has 0 aliphatic rings. The van der Waals surface area contributed by atoms with Crippen molar-refractivity contribution in [3.63, 3.8) is 0 Å². The molecule has 2 aromatic carbocycles. The zero-order chi connectivity index (χ0) is 21.5. The Kier molecular flexibility index (Phi) is 7.19. The first kappa shape index (κ1) is 21.5. The summed E-state index contributed by atoms with van der Waals surface area (Å²) in [5, 5.41) is 3.53. The average molecular weight is 410 g/mol. The van der Waals surface area contributed by atoms with E-state index in [0.717, 1.165) is 29.8 Å². The molecular weight excluding hydrogens is 380 g/mol. The third kappa shape index (κ3) is 5.45. The number of nitrogens with one attached hydrogen (secondary N) is 3. The highest BCUT2D eigenvalue weighted by Gasteiger charge is 2.18. The Labute approximate surface area is 176 Å². The van der Waals surface area contributed by atoms with Gasteiger partial charge in [0.2, 0.25) is 0 Å². The van der Waals surface area contributed by atoms with Gasteiger partial charge in [-0.2, -0.15) is 0 Å². The monoisotopic (exact) mass is 409 g/mol. The number of ether oxygens (including phenoxy) is 1. The molecule has 3 N–H and O–H groups in total. The highest BCUT2D eigenvalue weighted by molar-refractivity contribution is 5.93. The number of anilines is 1. The number of benzene rings is 2. The molecule has 0 fully saturated rings. The van der Waals surface area contributed by atoms with E-state index in [9.17, 15) is 9.59 Å². The molecule has 0 saturated carbocycles. The average Bonchev–Trinajstić information content (AvgIpc) is 2.72. The normalized spacial score (nSPS) is 12.0. The Morgan fingerprint density at radius 1 is 1.23 bits per heavy atom. The fraction of sp³-hybridized carbons (Fsp3) is 0.348. The van der Waals surface area contributed by atoms with Gasteiger partial charge in [-0.25, -0.2) is 4.98 Å². The van der Waals surface area contributed by atoms with Crippen LogP contribution in [-0.2, 0) is 11.3 Å². The molecule has 0 saturated heterocycles. The van der Waals surface area contributed by atoms with Crippen LogP contribution in [0.25, 0.3) is 10.9 Å². The number of unbranched alkanes of at least 4 members (excludes halogenated alkanes) is 1. The van der Waals surface area contributed by atoms with E-state index < -0.39 is 0 Å². The minimum absolute atomic E-state index is 0.104. The van der Waals surface area contributed by atoms with Crippen LogP contribution in [0.5, 0.6) is 5.75 Å². The molecule has 1 amide bonds. The minimum Gasteiger partial charge on any atom is -0.495 e. The van der Waals surface area contributed by atoms with Crippen LogP contribution in [0.4, 0.5) is 5.69 Å². The summed E-state index contributed by atoms with van der Waals surface area (Å²) < 4.78 is 5.35. The number of para-hydroxylation sites is 1. The lowest BCUT2D eigenvalue weighted by Crippen LogP contribution is -3.12. The van der Waals surface area contributed by atoms with Crippen LogP contribution < -0.4 is 20.5 Å². The maximum Gasteiger partial charge on any atom is 0.279 e. The summed E-state index contributed by atoms with van der Waals surface area (Å²) in [4.78, 5) is 33.6. The summed E-state index contributed by atoms with van der Waals surface area (Å²) in [7, 11) is 1.58. The third-order valence-electron chi connectivity index (χ3n) is 5.00. The number of hydrogen-bond donors (Lipinski definition) is 3. The zero-order valence-electron chi connectivity index (χ0n) is 17.7. The van der Waals surface area contributed by atoms with Crippen molar-refractivity contribution in [3.8, 4) is 5.75 Å². The van der Waals surface area contributed by atoms with Gasteiger partial charge in [-0.3, -0.25) is 9.59 Å². The Balaban J connectivity index is 1.75. The number of fused-ring (bicyclic) bond motifs is 1. The highest BCUT2D eigenvalue weighted by atomic mass is 16.5. The number of quaternary nitrogens is 1. The third-order valence-corrected chi connectivity index (χ3v) is 5.00. The number of hydrogen-bond acceptors (Lipinski definition) is 4. The zero-order valence-corrected chi connectivity index (χ0v) is 17.7. The van der Waals surface area contributed by atoms with Crippen LogP contribution in [-0.4, -0.2) is 36.1 Å². The molecule has 3 aromatic rings. The van der Waals surface area contributed by atoms with Gasteiger partial charge in [0.05, 0.1) is 30.2 Å². The summed E-state index contributed by atoms with van der Waals surface area (Å²) in [6.07, 6.45) is 2.01. The minimum atomic E-state index is -0.153. The number of aromatic amines is 1. The number of carbonyl (C=O) groups is 1. The molecular formula is C23H29N4O3+. The lowest BCUT2D eigenvalue weighted by molar-refractivity contribution is -0.906. The first-order chi connectivity index (χ1) is 14.5. The Bertz CT molecular complexity index is 1080. The standard InChI is InChI=1S/C23H28N4O3/c1-4-5-12-27(14-21-24-18-9-7-6-8-17(18)23(29)26-21)15-22(28)25-19-13-16(2)10-11-20(19)30-3/h6-11,13H,4-5,12,14-15H2,1-3H3,(H,25,28)(H,24,26,29)/p+1. The van der Waals surface area contributed by atoms with E-state index >= 15 is 0 Å². The number of aromatic nitrogens is 2. The van der Waals surface area contributed by atoms with Gasteiger partial charge in [0.15, 0.2) is 12.4 Å². The van der Waals surface area contributed by atoms with Crippen molar-refractivity contribution in [2.75, 3.05) is 25.5 Å². The molecule has 1 unspecified atom stereocenters. The van der Waals surface area contributed by atoms with Crippen LogP contribution in [0.3, 0.4) is 0 Å². The molecule has 158 valence electrons. The van der Waals surface area contributed by atoms with Crippen LogP contribution >= 0.6 is 0 Å². The maximum atomic E-state index is 12.8. The van der Waals surface area contributed by atoms with Crippen molar-refractivity contribution >= 4 is 22.5 Å². The molecule has 0 bridgehead atoms. The summed E-state index contributed by atoms with van der Waals surface area (Å²) in [6.45, 7) is 5.64. The number of rotatable bonds is 9. The lowest BCUT2D eigenvalue weighted by atomic mass is 10.2. The largest absolute Gasteiger partial charge is 0.495 e. The number of aryl methyl sites for hydroxylation is 1. The second-order valence-corrected chi connectivity index (χ2v) is 7.49. The van der Waals surface area contributed by atoms with Gasteiger partial charge in [0.25, 0.3) is 11.5 Å². The molecule has 1 aromatic heterocycles. The Morgan fingerprint density at radius 3 is 2.80 bits per heavy atom. The van der Waals surface area contributed by atoms with Gasteiger partial charge in [-0.15, -0.1) is 0 Å². The smallest absolute Gasteiger partial charge is 0.279 e. The van der Waals surface area contributed by atoms with Crippen LogP contribution in [0.15, 0.2) is 47.3 Å². The maximum absolute atomic E-state index is 12.8. The van der Waals surface area contributed by atoms with Crippen molar-refractivity contribution < 1.29 is 14.4 Å². The van der Waals surface area contributed by atoms with Gasteiger partial charge in [0, 0.05) is 0 Å². The number of carbonyl (C=O) groups excluding carboxylic acids is 1. The van der Waals surface area contributed by atoms with Crippen LogP contribution in [0.1, 0.15) is 31.2 Å². The van der Waals surface area contributed by atoms with Crippen molar-refractivity contribution in [2.45, 2.75) is 33.2 Å². The summed E-state index contributed by atoms with van der Waals surface area (Å²) in [6, 6.07) is 13.0. The summed E-state index contributed by atoms with van der Waals surface area (Å²) >= 11 is 0. The van der Waals surface area contributed by atoms with Gasteiger partial charge in [-0.1, -0.05) is 31.5 Å². The van der Waals surface area contributed by atoms with E-state index in [1.54, 1.807) is 13.2 Å². The fourth-order valence-electron chi connectivity index (χ4n) is 3.46. The van der Waals surface area contributed by atoms with Crippen molar-refractivity contribution in [1.29, 1.82) is 0 Å². The number of nitrogens with zero attached hydrogens (tertiary/aromatic N) is 1. The van der Waals surface area contributed by atoms with Crippen LogP contribution in [0.2, 0.25) is 0 Å². The summed E-state index contributed by atoms with van der Waals surface area (Å²) in [5.41, 5.74) is 2.22. The van der Waals surface area contributed by atoms with E-state index in [-0.39, 0.29) is 18.0 Å². The van der Waals surface area contributed by atoms with Gasteiger partial charge < -0.3 is 19.9 Å². The number of amides is 1. The molecule has 3 rings (SSSR count). The Hall–Kier alpha value is -3.19. The molecule has 7 nitrogen and oxygen atoms in total. The van der Waals surface area contributed by atoms with Crippen molar-refractivity contribution in [3.05, 3.63) is 64.2 Å². The molecule has 0 spiro atoms. The molecule has 7 heteroatoms. The predicted molar refractivity (Wildman–Crippen MR) is 118 cm³/mol. The predicted octanol–water partition coefficient (Wildman–Crippen LogP) is 2.06. The van der Waals surface area contributed by atoms with E-state index in [0.29, 0.717) is 34.7 Å². The molecule has 0 radical (unpaired) electrons. The van der Waals surface area contributed by atoms with E-state index in [1.165, 1.54) is 0 Å². The van der Waals surface area contributed by atoms with Crippen molar-refractivity contribution in [1.82, 2.24) is 9.97 Å². The van der Waals surface area contributed by atoms with E-state index in [4.69, 9.17) is 4.74 Å². The fourth-order valence-corrected chi connectivity index (χ4v) is 3.46. The second-order valence-electron chi connectivity index (χ2n) is 7.49. The second kappa shape index (κ2) is 10.0. The molecule has 1 heterocycles. The van der Waals surface area contributed by atoms with E-state index in [2.05, 4.69) is 22.2 Å². The number of H-pyrrole nitrogens is 1. The van der Waals surface area contributed by atoms with Crippen molar-refractivity contribution in [2.24, 2.45) is 0 Å². The number of methoxy groups -OCH3 is 1. The topological polar surface area (TPSA) is 88.5 Å².